The van der Waals surface area contributed by atoms with Crippen molar-refractivity contribution in [1.29, 1.82) is 0 Å². The molecule has 0 saturated carbocycles. The van der Waals surface area contributed by atoms with E-state index in [1.807, 2.05) is 0 Å². The van der Waals surface area contributed by atoms with Crippen LogP contribution in [0, 0.1) is 0 Å². The molecule has 1 aromatic carbocycles. The van der Waals surface area contributed by atoms with Crippen LogP contribution in [0.15, 0.2) is 42.6 Å². The van der Waals surface area contributed by atoms with Crippen LogP contribution in [0.1, 0.15) is 30.7 Å². The standard InChI is InChI=1S/C16H22N2/c1-3-14-7-9-15(10-8-14)12-17-13-16-6-5-11-18(16)4-2/h5-11,17H,3-4,12-13H2,1-2H3. The zero-order valence-corrected chi connectivity index (χ0v) is 11.3. The molecule has 0 bridgehead atoms. The summed E-state index contributed by atoms with van der Waals surface area (Å²) in [7, 11) is 0. The largest absolute Gasteiger partial charge is 0.351 e. The molecular formula is C16H22N2. The smallest absolute Gasteiger partial charge is 0.0362 e. The van der Waals surface area contributed by atoms with E-state index in [9.17, 15) is 0 Å². The fraction of sp³-hybridized carbons (Fsp3) is 0.375. The number of nitrogens with zero attached hydrogens (tertiary/aromatic N) is 1. The highest BCUT2D eigenvalue weighted by molar-refractivity contribution is 5.22. The molecule has 0 spiro atoms. The summed E-state index contributed by atoms with van der Waals surface area (Å²) in [5, 5.41) is 3.50. The van der Waals surface area contributed by atoms with Crippen LogP contribution in [0.5, 0.6) is 0 Å². The van der Waals surface area contributed by atoms with Gasteiger partial charge in [0, 0.05) is 31.5 Å². The quantitative estimate of drug-likeness (QED) is 0.822. The molecule has 0 radical (unpaired) electrons. The van der Waals surface area contributed by atoms with Crippen LogP contribution in [0.3, 0.4) is 0 Å². The molecule has 0 saturated heterocycles. The second-order valence-corrected chi connectivity index (χ2v) is 4.56. The number of hydrogen-bond donors (Lipinski definition) is 1. The van der Waals surface area contributed by atoms with Crippen molar-refractivity contribution >= 4 is 0 Å². The van der Waals surface area contributed by atoms with Gasteiger partial charge >= 0.3 is 0 Å². The van der Waals surface area contributed by atoms with E-state index in [1.54, 1.807) is 0 Å². The van der Waals surface area contributed by atoms with Gasteiger partial charge in [-0.3, -0.25) is 0 Å². The van der Waals surface area contributed by atoms with Crippen LogP contribution in [-0.4, -0.2) is 4.57 Å². The Morgan fingerprint density at radius 1 is 0.944 bits per heavy atom. The molecule has 2 rings (SSSR count). The molecule has 96 valence electrons. The second kappa shape index (κ2) is 6.41. The first-order valence-electron chi connectivity index (χ1n) is 6.76. The number of aryl methyl sites for hydroxylation is 2. The van der Waals surface area contributed by atoms with E-state index in [1.165, 1.54) is 16.8 Å². The molecular weight excluding hydrogens is 220 g/mol. The van der Waals surface area contributed by atoms with Crippen LogP contribution < -0.4 is 5.32 Å². The van der Waals surface area contributed by atoms with Gasteiger partial charge in [-0.1, -0.05) is 31.2 Å². The number of aromatic nitrogens is 1. The van der Waals surface area contributed by atoms with Crippen molar-refractivity contribution in [1.82, 2.24) is 9.88 Å². The van der Waals surface area contributed by atoms with Crippen molar-refractivity contribution in [3.05, 3.63) is 59.4 Å². The van der Waals surface area contributed by atoms with Crippen LogP contribution >= 0.6 is 0 Å². The lowest BCUT2D eigenvalue weighted by Gasteiger charge is -2.08. The van der Waals surface area contributed by atoms with Gasteiger partial charge in [-0.25, -0.2) is 0 Å². The zero-order chi connectivity index (χ0) is 12.8. The topological polar surface area (TPSA) is 17.0 Å². The van der Waals surface area contributed by atoms with Crippen molar-refractivity contribution in [2.45, 2.75) is 39.9 Å². The molecule has 0 aliphatic rings. The number of benzene rings is 1. The molecule has 1 N–H and O–H groups in total. The minimum atomic E-state index is 0.927. The van der Waals surface area contributed by atoms with Crippen LogP contribution in [0.4, 0.5) is 0 Å². The first kappa shape index (κ1) is 12.9. The maximum absolute atomic E-state index is 3.50. The molecule has 1 heterocycles. The second-order valence-electron chi connectivity index (χ2n) is 4.56. The zero-order valence-electron chi connectivity index (χ0n) is 11.3. The van der Waals surface area contributed by atoms with Crippen molar-refractivity contribution in [3.8, 4) is 0 Å². The molecule has 0 aliphatic heterocycles. The number of nitrogens with one attached hydrogen (secondary N) is 1. The van der Waals surface area contributed by atoms with Crippen molar-refractivity contribution in [3.63, 3.8) is 0 Å². The number of rotatable bonds is 6. The van der Waals surface area contributed by atoms with E-state index >= 15 is 0 Å². The third-order valence-electron chi connectivity index (χ3n) is 3.33. The summed E-state index contributed by atoms with van der Waals surface area (Å²) < 4.78 is 2.27. The van der Waals surface area contributed by atoms with Crippen LogP contribution in [-0.2, 0) is 26.1 Å². The van der Waals surface area contributed by atoms with Gasteiger partial charge in [0.05, 0.1) is 0 Å². The molecule has 2 nitrogen and oxygen atoms in total. The molecule has 0 unspecified atom stereocenters. The molecule has 2 aromatic rings. The SMILES string of the molecule is CCc1ccc(CNCc2cccn2CC)cc1. The lowest BCUT2D eigenvalue weighted by molar-refractivity contribution is 0.629. The summed E-state index contributed by atoms with van der Waals surface area (Å²) in [5.74, 6) is 0. The summed E-state index contributed by atoms with van der Waals surface area (Å²) in [5.41, 5.74) is 4.10. The summed E-state index contributed by atoms with van der Waals surface area (Å²) in [6, 6.07) is 13.1. The van der Waals surface area contributed by atoms with Crippen molar-refractivity contribution in [2.24, 2.45) is 0 Å². The van der Waals surface area contributed by atoms with E-state index in [-0.39, 0.29) is 0 Å². The fourth-order valence-electron chi connectivity index (χ4n) is 2.15. The molecule has 0 amide bonds. The average Bonchev–Trinajstić information content (AvgIpc) is 2.87. The Kier molecular flexibility index (Phi) is 4.59. The van der Waals surface area contributed by atoms with E-state index in [2.05, 4.69) is 66.3 Å². The van der Waals surface area contributed by atoms with E-state index in [4.69, 9.17) is 0 Å². The molecule has 0 aliphatic carbocycles. The Morgan fingerprint density at radius 2 is 1.67 bits per heavy atom. The average molecular weight is 242 g/mol. The van der Waals surface area contributed by atoms with Gasteiger partial charge in [-0.2, -0.15) is 0 Å². The molecule has 0 atom stereocenters. The van der Waals surface area contributed by atoms with Crippen LogP contribution in [0.25, 0.3) is 0 Å². The van der Waals surface area contributed by atoms with Gasteiger partial charge in [-0.05, 0) is 36.6 Å². The maximum atomic E-state index is 3.50. The fourth-order valence-corrected chi connectivity index (χ4v) is 2.15. The Bertz CT molecular complexity index is 468. The van der Waals surface area contributed by atoms with Gasteiger partial charge in [-0.15, -0.1) is 0 Å². The lowest BCUT2D eigenvalue weighted by Crippen LogP contribution is -2.15. The van der Waals surface area contributed by atoms with Crippen molar-refractivity contribution < 1.29 is 0 Å². The Balaban J connectivity index is 1.84. The van der Waals surface area contributed by atoms with Crippen LogP contribution in [0.2, 0.25) is 0 Å². The predicted molar refractivity (Wildman–Crippen MR) is 76.5 cm³/mol. The highest BCUT2D eigenvalue weighted by atomic mass is 15.0. The maximum Gasteiger partial charge on any atom is 0.0362 e. The van der Waals surface area contributed by atoms with Crippen molar-refractivity contribution in [2.75, 3.05) is 0 Å². The summed E-state index contributed by atoms with van der Waals surface area (Å²) >= 11 is 0. The summed E-state index contributed by atoms with van der Waals surface area (Å²) in [6.45, 7) is 7.25. The monoisotopic (exact) mass is 242 g/mol. The Hall–Kier alpha value is -1.54. The van der Waals surface area contributed by atoms with Gasteiger partial charge in [0.15, 0.2) is 0 Å². The third kappa shape index (κ3) is 3.23. The highest BCUT2D eigenvalue weighted by Crippen LogP contribution is 2.06. The van der Waals surface area contributed by atoms with Gasteiger partial charge < -0.3 is 9.88 Å². The Labute approximate surface area is 110 Å². The lowest BCUT2D eigenvalue weighted by atomic mass is 10.1. The molecule has 2 heteroatoms. The normalized spacial score (nSPS) is 10.8. The van der Waals surface area contributed by atoms with Gasteiger partial charge in [0.25, 0.3) is 0 Å². The molecule has 18 heavy (non-hydrogen) atoms. The van der Waals surface area contributed by atoms with Gasteiger partial charge in [0.1, 0.15) is 0 Å². The highest BCUT2D eigenvalue weighted by Gasteiger charge is 1.99. The minimum absolute atomic E-state index is 0.927. The van der Waals surface area contributed by atoms with E-state index in [0.29, 0.717) is 0 Å². The molecule has 0 fully saturated rings. The van der Waals surface area contributed by atoms with Gasteiger partial charge in [0.2, 0.25) is 0 Å². The first-order valence-corrected chi connectivity index (χ1v) is 6.76. The van der Waals surface area contributed by atoms with E-state index in [0.717, 1.165) is 26.1 Å². The Morgan fingerprint density at radius 3 is 2.33 bits per heavy atom. The first-order chi connectivity index (χ1) is 8.83. The predicted octanol–water partition coefficient (Wildman–Crippen LogP) is 3.36. The number of hydrogen-bond acceptors (Lipinski definition) is 1. The summed E-state index contributed by atoms with van der Waals surface area (Å²) in [4.78, 5) is 0. The summed E-state index contributed by atoms with van der Waals surface area (Å²) in [6.07, 6.45) is 3.24. The molecule has 1 aromatic heterocycles. The van der Waals surface area contributed by atoms with E-state index < -0.39 is 0 Å². The minimum Gasteiger partial charge on any atom is -0.351 e. The third-order valence-corrected chi connectivity index (χ3v) is 3.33.